The molecule has 105 valence electrons. The number of rotatable bonds is 1. The lowest BCUT2D eigenvalue weighted by Crippen LogP contribution is -2.41. The van der Waals surface area contributed by atoms with Gasteiger partial charge in [0, 0.05) is 0 Å². The zero-order chi connectivity index (χ0) is 14.7. The first kappa shape index (κ1) is 16.2. The molecule has 0 unspecified atom stereocenters. The van der Waals surface area contributed by atoms with Gasteiger partial charge in [-0.15, -0.1) is 0 Å². The molecule has 0 aliphatic carbocycles. The predicted octanol–water partition coefficient (Wildman–Crippen LogP) is 1.46. The Morgan fingerprint density at radius 2 is 1.42 bits per heavy atom. The topological polar surface area (TPSA) is 78.6 Å². The van der Waals surface area contributed by atoms with Crippen LogP contribution in [0.4, 0.5) is 0 Å². The van der Waals surface area contributed by atoms with E-state index in [1.807, 2.05) is 27.7 Å². The van der Waals surface area contributed by atoms with E-state index < -0.39 is 10.0 Å². The zero-order valence-corrected chi connectivity index (χ0v) is 12.4. The molecule has 0 amide bonds. The number of hydrogen-bond donors (Lipinski definition) is 1. The highest BCUT2D eigenvalue weighted by Gasteiger charge is 2.44. The second-order valence-corrected chi connectivity index (χ2v) is 6.77. The SMILES string of the molecule is CC1(C)O[B]OC1(C)C.NS(=O)(=O)c1ccccc1. The lowest BCUT2D eigenvalue weighted by molar-refractivity contribution is 0.00578. The third kappa shape index (κ3) is 4.31. The molecule has 7 heteroatoms. The van der Waals surface area contributed by atoms with E-state index in [-0.39, 0.29) is 16.1 Å². The number of nitrogens with two attached hydrogens (primary N) is 1. The summed E-state index contributed by atoms with van der Waals surface area (Å²) in [6, 6.07) is 7.89. The molecule has 5 nitrogen and oxygen atoms in total. The molecule has 1 fully saturated rings. The van der Waals surface area contributed by atoms with Crippen molar-refractivity contribution in [2.45, 2.75) is 43.8 Å². The van der Waals surface area contributed by atoms with Crippen molar-refractivity contribution in [2.24, 2.45) is 5.14 Å². The summed E-state index contributed by atoms with van der Waals surface area (Å²) in [5.74, 6) is 0. The molecule has 1 aromatic carbocycles. The lowest BCUT2D eigenvalue weighted by Gasteiger charge is -2.32. The van der Waals surface area contributed by atoms with Crippen LogP contribution in [-0.4, -0.2) is 27.3 Å². The molecule has 1 radical (unpaired) electrons. The maximum atomic E-state index is 10.6. The van der Waals surface area contributed by atoms with E-state index in [1.54, 1.807) is 18.2 Å². The Hall–Kier alpha value is -0.885. The van der Waals surface area contributed by atoms with Gasteiger partial charge in [-0.1, -0.05) is 18.2 Å². The molecule has 1 heterocycles. The minimum Gasteiger partial charge on any atom is -0.405 e. The minimum atomic E-state index is -3.50. The van der Waals surface area contributed by atoms with Crippen LogP contribution in [0.15, 0.2) is 35.2 Å². The molecule has 1 aliphatic heterocycles. The maximum Gasteiger partial charge on any atom is 0.488 e. The standard InChI is InChI=1S/C6H12BO2.C6H7NO2S/c1-5(2)6(3,4)9-7-8-5;7-10(8,9)6-4-2-1-3-5-6/h1-4H3;1-5H,(H2,7,8,9). The Morgan fingerprint density at radius 1 is 1.00 bits per heavy atom. The molecule has 2 rings (SSSR count). The maximum absolute atomic E-state index is 10.6. The van der Waals surface area contributed by atoms with Gasteiger partial charge in [0.1, 0.15) is 0 Å². The first-order valence-electron chi connectivity index (χ1n) is 5.81. The molecular formula is C12H19BNO4S. The van der Waals surface area contributed by atoms with Gasteiger partial charge >= 0.3 is 7.69 Å². The van der Waals surface area contributed by atoms with Crippen LogP contribution in [0.5, 0.6) is 0 Å². The Kier molecular flexibility index (Phi) is 4.79. The lowest BCUT2D eigenvalue weighted by atomic mass is 9.90. The van der Waals surface area contributed by atoms with Gasteiger partial charge in [0.2, 0.25) is 10.0 Å². The Labute approximate surface area is 115 Å². The monoisotopic (exact) mass is 284 g/mol. The number of hydrogen-bond acceptors (Lipinski definition) is 4. The summed E-state index contributed by atoms with van der Waals surface area (Å²) in [6.07, 6.45) is 0. The van der Waals surface area contributed by atoms with Crippen molar-refractivity contribution in [3.63, 3.8) is 0 Å². The third-order valence-corrected chi connectivity index (χ3v) is 4.14. The molecule has 19 heavy (non-hydrogen) atoms. The van der Waals surface area contributed by atoms with Crippen LogP contribution < -0.4 is 5.14 Å². The summed E-state index contributed by atoms with van der Waals surface area (Å²) in [5.41, 5.74) is -0.375. The third-order valence-electron chi connectivity index (χ3n) is 3.21. The van der Waals surface area contributed by atoms with Gasteiger partial charge in [0.05, 0.1) is 16.1 Å². The normalized spacial score (nSPS) is 20.1. The van der Waals surface area contributed by atoms with Crippen molar-refractivity contribution in [2.75, 3.05) is 0 Å². The van der Waals surface area contributed by atoms with E-state index in [9.17, 15) is 8.42 Å². The molecule has 0 saturated carbocycles. The second-order valence-electron chi connectivity index (χ2n) is 5.21. The second kappa shape index (κ2) is 5.62. The summed E-state index contributed by atoms with van der Waals surface area (Å²) in [6.45, 7) is 8.04. The quantitative estimate of drug-likeness (QED) is 0.792. The van der Waals surface area contributed by atoms with E-state index in [2.05, 4.69) is 0 Å². The average molecular weight is 284 g/mol. The number of primary sulfonamides is 1. The van der Waals surface area contributed by atoms with Crippen molar-refractivity contribution < 1.29 is 17.7 Å². The smallest absolute Gasteiger partial charge is 0.405 e. The summed E-state index contributed by atoms with van der Waals surface area (Å²) in [4.78, 5) is 0.148. The number of sulfonamides is 1. The first-order chi connectivity index (χ1) is 8.56. The summed E-state index contributed by atoms with van der Waals surface area (Å²) >= 11 is 0. The molecule has 1 saturated heterocycles. The van der Waals surface area contributed by atoms with Crippen molar-refractivity contribution in [3.8, 4) is 0 Å². The van der Waals surface area contributed by atoms with Crippen LogP contribution >= 0.6 is 0 Å². The van der Waals surface area contributed by atoms with Crippen molar-refractivity contribution >= 4 is 17.7 Å². The predicted molar refractivity (Wildman–Crippen MR) is 73.9 cm³/mol. The van der Waals surface area contributed by atoms with Crippen molar-refractivity contribution in [1.29, 1.82) is 0 Å². The molecule has 1 aromatic rings. The van der Waals surface area contributed by atoms with Gasteiger partial charge in [-0.3, -0.25) is 0 Å². The molecule has 0 bridgehead atoms. The Morgan fingerprint density at radius 3 is 1.63 bits per heavy atom. The van der Waals surface area contributed by atoms with Gasteiger partial charge in [0.15, 0.2) is 0 Å². The minimum absolute atomic E-state index is 0.148. The van der Waals surface area contributed by atoms with E-state index >= 15 is 0 Å². The first-order valence-corrected chi connectivity index (χ1v) is 7.36. The van der Waals surface area contributed by atoms with Gasteiger partial charge < -0.3 is 9.31 Å². The average Bonchev–Trinajstić information content (AvgIpc) is 2.52. The Bertz CT molecular complexity index is 500. The fourth-order valence-corrected chi connectivity index (χ4v) is 1.70. The van der Waals surface area contributed by atoms with E-state index in [0.29, 0.717) is 0 Å². The van der Waals surface area contributed by atoms with Crippen molar-refractivity contribution in [3.05, 3.63) is 30.3 Å². The molecule has 0 aromatic heterocycles. The molecule has 2 N–H and O–H groups in total. The highest BCUT2D eigenvalue weighted by atomic mass is 32.2. The van der Waals surface area contributed by atoms with Crippen LogP contribution in [-0.2, 0) is 19.3 Å². The highest BCUT2D eigenvalue weighted by molar-refractivity contribution is 7.89. The summed E-state index contributed by atoms with van der Waals surface area (Å²) in [5, 5.41) is 4.83. The van der Waals surface area contributed by atoms with Crippen LogP contribution in [0, 0.1) is 0 Å². The van der Waals surface area contributed by atoms with E-state index in [0.717, 1.165) is 0 Å². The van der Waals surface area contributed by atoms with Gasteiger partial charge in [-0.25, -0.2) is 13.6 Å². The van der Waals surface area contributed by atoms with Crippen LogP contribution in [0.3, 0.4) is 0 Å². The van der Waals surface area contributed by atoms with Gasteiger partial charge in [-0.2, -0.15) is 0 Å². The molecular weight excluding hydrogens is 265 g/mol. The van der Waals surface area contributed by atoms with Gasteiger partial charge in [0.25, 0.3) is 0 Å². The molecule has 1 aliphatic rings. The molecule has 0 spiro atoms. The summed E-state index contributed by atoms with van der Waals surface area (Å²) in [7, 11) is -2.09. The molecule has 0 atom stereocenters. The largest absolute Gasteiger partial charge is 0.488 e. The zero-order valence-electron chi connectivity index (χ0n) is 11.6. The van der Waals surface area contributed by atoms with Crippen molar-refractivity contribution in [1.82, 2.24) is 0 Å². The van der Waals surface area contributed by atoms with Crippen LogP contribution in [0.1, 0.15) is 27.7 Å². The summed E-state index contributed by atoms with van der Waals surface area (Å²) < 4.78 is 31.6. The fraction of sp³-hybridized carbons (Fsp3) is 0.500. The Balaban J connectivity index is 0.000000191. The van der Waals surface area contributed by atoms with E-state index in [1.165, 1.54) is 19.8 Å². The number of benzene rings is 1. The van der Waals surface area contributed by atoms with Crippen LogP contribution in [0.2, 0.25) is 0 Å². The van der Waals surface area contributed by atoms with Gasteiger partial charge in [-0.05, 0) is 39.8 Å². The van der Waals surface area contributed by atoms with E-state index in [4.69, 9.17) is 14.4 Å². The van der Waals surface area contributed by atoms with Crippen LogP contribution in [0.25, 0.3) is 0 Å². The fourth-order valence-electron chi connectivity index (χ4n) is 1.16. The highest BCUT2D eigenvalue weighted by Crippen LogP contribution is 2.33.